The molecule has 0 amide bonds. The van der Waals surface area contributed by atoms with Crippen molar-refractivity contribution in [1.82, 2.24) is 4.90 Å². The Bertz CT molecular complexity index is 1380. The summed E-state index contributed by atoms with van der Waals surface area (Å²) in [4.78, 5) is 2.41. The molecule has 0 bridgehead atoms. The van der Waals surface area contributed by atoms with E-state index in [0.717, 1.165) is 56.6 Å². The molecule has 40 heavy (non-hydrogen) atoms. The molecule has 2 N–H and O–H groups in total. The fourth-order valence-corrected chi connectivity index (χ4v) is 6.78. The average molecular weight is 579 g/mol. The Hall–Kier alpha value is -2.66. The number of allylic oxidation sites excluding steroid dienone is 1. The van der Waals surface area contributed by atoms with Gasteiger partial charge >= 0.3 is 0 Å². The molecule has 0 aromatic heterocycles. The molecule has 0 saturated carbocycles. The summed E-state index contributed by atoms with van der Waals surface area (Å²) in [6.07, 6.45) is 6.99. The highest BCUT2D eigenvalue weighted by Crippen LogP contribution is 2.43. The number of amidine groups is 1. The van der Waals surface area contributed by atoms with Gasteiger partial charge in [-0.15, -0.1) is 0 Å². The van der Waals surface area contributed by atoms with Crippen molar-refractivity contribution in [2.75, 3.05) is 31.6 Å². The van der Waals surface area contributed by atoms with E-state index in [2.05, 4.69) is 52.7 Å². The van der Waals surface area contributed by atoms with Crippen LogP contribution in [0.1, 0.15) is 66.8 Å². The van der Waals surface area contributed by atoms with Crippen molar-refractivity contribution in [2.24, 2.45) is 5.92 Å². The molecule has 0 radical (unpaired) electrons. The van der Waals surface area contributed by atoms with Crippen LogP contribution in [-0.4, -0.2) is 37.0 Å². The van der Waals surface area contributed by atoms with Crippen LogP contribution in [0.5, 0.6) is 0 Å². The number of nitrogens with one attached hydrogen (secondary N) is 2. The molecule has 2 aliphatic rings. The predicted octanol–water partition coefficient (Wildman–Crippen LogP) is 9.31. The van der Waals surface area contributed by atoms with Gasteiger partial charge < -0.3 is 10.2 Å². The van der Waals surface area contributed by atoms with Gasteiger partial charge in [-0.05, 0) is 128 Å². The number of anilines is 1. The lowest BCUT2D eigenvalue weighted by Gasteiger charge is -2.19. The van der Waals surface area contributed by atoms with Gasteiger partial charge in [-0.25, -0.2) is 0 Å². The van der Waals surface area contributed by atoms with Crippen LogP contribution < -0.4 is 5.32 Å². The minimum Gasteiger partial charge on any atom is -0.344 e. The Kier molecular flexibility index (Phi) is 9.62. The smallest absolute Gasteiger partial charge is 0.0944 e. The first-order valence-electron chi connectivity index (χ1n) is 14.4. The van der Waals surface area contributed by atoms with E-state index >= 15 is 0 Å². The maximum Gasteiger partial charge on any atom is 0.0944 e. The van der Waals surface area contributed by atoms with Crippen LogP contribution >= 0.6 is 23.2 Å². The van der Waals surface area contributed by atoms with Gasteiger partial charge in [-0.1, -0.05) is 59.6 Å². The van der Waals surface area contributed by atoms with Gasteiger partial charge in [-0.2, -0.15) is 0 Å². The normalized spacial score (nSPS) is 17.6. The fraction of sp³-hybridized carbons (Fsp3) is 0.382. The first-order chi connectivity index (χ1) is 19.4. The SMILES string of the molecule is CC(=N)Nc1ccc2c(c1)CCCC(c1ccc(Cl)cc1Cl)=C2c1ccc(CC[C@H]2CCN(CCCF)C2)cc1. The minimum absolute atomic E-state index is 0.220. The van der Waals surface area contributed by atoms with Crippen LogP contribution in [-0.2, 0) is 12.8 Å². The zero-order valence-electron chi connectivity index (χ0n) is 23.2. The third kappa shape index (κ3) is 6.97. The summed E-state index contributed by atoms with van der Waals surface area (Å²) in [5, 5.41) is 12.3. The molecule has 5 rings (SSSR count). The Labute approximate surface area is 247 Å². The van der Waals surface area contributed by atoms with Gasteiger partial charge in [0.15, 0.2) is 0 Å². The summed E-state index contributed by atoms with van der Waals surface area (Å²) in [6, 6.07) is 21.3. The van der Waals surface area contributed by atoms with Crippen molar-refractivity contribution in [3.8, 4) is 0 Å². The first-order valence-corrected chi connectivity index (χ1v) is 15.2. The van der Waals surface area contributed by atoms with Gasteiger partial charge in [-0.3, -0.25) is 9.80 Å². The Balaban J connectivity index is 1.45. The maximum absolute atomic E-state index is 12.6. The molecule has 0 spiro atoms. The highest BCUT2D eigenvalue weighted by molar-refractivity contribution is 6.36. The van der Waals surface area contributed by atoms with Crippen LogP contribution in [0.2, 0.25) is 10.0 Å². The van der Waals surface area contributed by atoms with Crippen molar-refractivity contribution in [3.05, 3.63) is 98.5 Å². The largest absolute Gasteiger partial charge is 0.344 e. The van der Waals surface area contributed by atoms with E-state index in [-0.39, 0.29) is 6.67 Å². The number of alkyl halides is 1. The number of rotatable bonds is 9. The number of halogens is 3. The lowest BCUT2D eigenvalue weighted by Crippen LogP contribution is -2.22. The zero-order valence-corrected chi connectivity index (χ0v) is 24.7. The lowest BCUT2D eigenvalue weighted by atomic mass is 9.87. The average Bonchev–Trinajstić information content (AvgIpc) is 3.31. The number of fused-ring (bicyclic) bond motifs is 1. The van der Waals surface area contributed by atoms with Gasteiger partial charge in [0, 0.05) is 28.8 Å². The highest BCUT2D eigenvalue weighted by atomic mass is 35.5. The van der Waals surface area contributed by atoms with Crippen LogP contribution in [0.4, 0.5) is 10.1 Å². The van der Waals surface area contributed by atoms with Crippen LogP contribution in [0.3, 0.4) is 0 Å². The summed E-state index contributed by atoms with van der Waals surface area (Å²) < 4.78 is 12.6. The molecule has 1 saturated heterocycles. The molecule has 3 nitrogen and oxygen atoms in total. The molecular formula is C34H38Cl2FN3. The minimum atomic E-state index is -0.220. The molecule has 1 aliphatic carbocycles. The summed E-state index contributed by atoms with van der Waals surface area (Å²) in [6.45, 7) is 4.62. The summed E-state index contributed by atoms with van der Waals surface area (Å²) in [5.74, 6) is 1.13. The van der Waals surface area contributed by atoms with E-state index in [9.17, 15) is 4.39 Å². The summed E-state index contributed by atoms with van der Waals surface area (Å²) >= 11 is 13.0. The second-order valence-corrected chi connectivity index (χ2v) is 12.0. The van der Waals surface area contributed by atoms with E-state index in [1.165, 1.54) is 46.2 Å². The monoisotopic (exact) mass is 577 g/mol. The standard InChI is InChI=1S/C34H38Cl2FN3/c1-23(38)39-29-13-15-30-27(20-29)4-2-5-32(31-14-12-28(35)21-33(31)36)34(30)26-10-8-24(9-11-26)6-7-25-16-19-40(22-25)18-3-17-37/h8-15,20-21,25H,2-7,16-19,22H2,1H3,(H2,38,39)/t25-/m0/s1. The van der Waals surface area contributed by atoms with E-state index in [4.69, 9.17) is 28.6 Å². The summed E-state index contributed by atoms with van der Waals surface area (Å²) in [7, 11) is 0. The topological polar surface area (TPSA) is 39.1 Å². The second kappa shape index (κ2) is 13.3. The van der Waals surface area contributed by atoms with Crippen molar-refractivity contribution in [2.45, 2.75) is 51.9 Å². The van der Waals surface area contributed by atoms with Crippen molar-refractivity contribution in [3.63, 3.8) is 0 Å². The Morgan fingerprint density at radius 1 is 1.02 bits per heavy atom. The summed E-state index contributed by atoms with van der Waals surface area (Å²) in [5.41, 5.74) is 9.50. The number of hydrogen-bond acceptors (Lipinski definition) is 2. The second-order valence-electron chi connectivity index (χ2n) is 11.2. The number of likely N-dealkylation sites (tertiary alicyclic amines) is 1. The third-order valence-corrected chi connectivity index (χ3v) is 8.75. The van der Waals surface area contributed by atoms with Gasteiger partial charge in [0.2, 0.25) is 0 Å². The van der Waals surface area contributed by atoms with Crippen LogP contribution in [0.25, 0.3) is 11.1 Å². The van der Waals surface area contributed by atoms with Gasteiger partial charge in [0.25, 0.3) is 0 Å². The quantitative estimate of drug-likeness (QED) is 0.196. The zero-order chi connectivity index (χ0) is 28.1. The van der Waals surface area contributed by atoms with Gasteiger partial charge in [0.05, 0.1) is 12.5 Å². The molecule has 3 aromatic rings. The van der Waals surface area contributed by atoms with Crippen molar-refractivity contribution in [1.29, 1.82) is 5.41 Å². The molecule has 0 unspecified atom stereocenters. The number of hydrogen-bond donors (Lipinski definition) is 2. The van der Waals surface area contributed by atoms with E-state index in [1.807, 2.05) is 18.2 Å². The van der Waals surface area contributed by atoms with E-state index in [1.54, 1.807) is 6.92 Å². The molecule has 1 aliphatic heterocycles. The molecular weight excluding hydrogens is 540 g/mol. The first kappa shape index (κ1) is 28.9. The molecule has 210 valence electrons. The Morgan fingerprint density at radius 2 is 1.82 bits per heavy atom. The van der Waals surface area contributed by atoms with Crippen molar-refractivity contribution >= 4 is 45.9 Å². The molecule has 6 heteroatoms. The highest BCUT2D eigenvalue weighted by Gasteiger charge is 2.23. The Morgan fingerprint density at radius 3 is 2.58 bits per heavy atom. The van der Waals surface area contributed by atoms with Crippen LogP contribution in [0, 0.1) is 11.3 Å². The number of nitrogens with zero attached hydrogens (tertiary/aromatic N) is 1. The third-order valence-electron chi connectivity index (χ3n) is 8.20. The molecule has 1 heterocycles. The predicted molar refractivity (Wildman–Crippen MR) is 169 cm³/mol. The molecule has 1 atom stereocenters. The maximum atomic E-state index is 12.6. The van der Waals surface area contributed by atoms with Crippen molar-refractivity contribution < 1.29 is 4.39 Å². The fourth-order valence-electron chi connectivity index (χ4n) is 6.26. The molecule has 3 aromatic carbocycles. The van der Waals surface area contributed by atoms with Gasteiger partial charge in [0.1, 0.15) is 0 Å². The number of benzene rings is 3. The number of aryl methyl sites for hydroxylation is 2. The molecule has 1 fully saturated rings. The lowest BCUT2D eigenvalue weighted by molar-refractivity contribution is 0.299. The van der Waals surface area contributed by atoms with E-state index in [0.29, 0.717) is 28.2 Å². The van der Waals surface area contributed by atoms with Crippen LogP contribution in [0.15, 0.2) is 60.7 Å². The van der Waals surface area contributed by atoms with E-state index < -0.39 is 0 Å².